The zero-order valence-corrected chi connectivity index (χ0v) is 10.1. The summed E-state index contributed by atoms with van der Waals surface area (Å²) in [6, 6.07) is 11.4. The van der Waals surface area contributed by atoms with Crippen LogP contribution in [0.5, 0.6) is 5.75 Å². The number of thiocyanates is 1. The molecule has 1 aromatic heterocycles. The second-order valence-electron chi connectivity index (χ2n) is 3.27. The van der Waals surface area contributed by atoms with Crippen LogP contribution in [0.4, 0.5) is 0 Å². The minimum Gasteiger partial charge on any atom is -0.496 e. The Labute approximate surface area is 104 Å². The normalized spacial score (nSPS) is 9.65. The van der Waals surface area contributed by atoms with Crippen LogP contribution >= 0.6 is 11.8 Å². The lowest BCUT2D eigenvalue weighted by molar-refractivity contribution is 0.405. The first kappa shape index (κ1) is 11.5. The van der Waals surface area contributed by atoms with Gasteiger partial charge in [0.2, 0.25) is 0 Å². The van der Waals surface area contributed by atoms with E-state index in [0.29, 0.717) is 5.75 Å². The monoisotopic (exact) mass is 242 g/mol. The van der Waals surface area contributed by atoms with Crippen molar-refractivity contribution in [3.8, 4) is 22.4 Å². The molecule has 4 heteroatoms. The van der Waals surface area contributed by atoms with Gasteiger partial charge in [-0.1, -0.05) is 6.07 Å². The fourth-order valence-corrected chi connectivity index (χ4v) is 2.03. The Morgan fingerprint density at radius 3 is 2.82 bits per heavy atom. The highest BCUT2D eigenvalue weighted by Crippen LogP contribution is 2.32. The van der Waals surface area contributed by atoms with Crippen molar-refractivity contribution in [2.24, 2.45) is 0 Å². The Morgan fingerprint density at radius 1 is 1.29 bits per heavy atom. The summed E-state index contributed by atoms with van der Waals surface area (Å²) in [5, 5.41) is 10.8. The predicted octanol–water partition coefficient (Wildman–Crippen LogP) is 3.33. The van der Waals surface area contributed by atoms with Crippen molar-refractivity contribution < 1.29 is 4.74 Å². The lowest BCUT2D eigenvalue weighted by Gasteiger charge is -2.07. The predicted molar refractivity (Wildman–Crippen MR) is 67.7 cm³/mol. The van der Waals surface area contributed by atoms with Gasteiger partial charge in [-0.2, -0.15) is 5.26 Å². The fraction of sp³-hybridized carbons (Fsp3) is 0.0769. The van der Waals surface area contributed by atoms with Gasteiger partial charge in [-0.15, -0.1) is 0 Å². The maximum absolute atomic E-state index is 8.74. The van der Waals surface area contributed by atoms with Crippen LogP contribution in [0.25, 0.3) is 11.3 Å². The molecule has 17 heavy (non-hydrogen) atoms. The van der Waals surface area contributed by atoms with E-state index in [1.165, 1.54) is 0 Å². The van der Waals surface area contributed by atoms with Gasteiger partial charge in [0.1, 0.15) is 11.2 Å². The first-order valence-corrected chi connectivity index (χ1v) is 5.82. The van der Waals surface area contributed by atoms with E-state index in [1.807, 2.05) is 36.4 Å². The van der Waals surface area contributed by atoms with Gasteiger partial charge in [-0.25, -0.2) is 0 Å². The maximum Gasteiger partial charge on any atom is 0.138 e. The first-order valence-electron chi connectivity index (χ1n) is 5.00. The molecule has 0 amide bonds. The van der Waals surface area contributed by atoms with E-state index >= 15 is 0 Å². The summed E-state index contributed by atoms with van der Waals surface area (Å²) >= 11 is 1.09. The van der Waals surface area contributed by atoms with E-state index < -0.39 is 0 Å². The molecule has 2 aromatic rings. The second-order valence-corrected chi connectivity index (χ2v) is 4.10. The third kappa shape index (κ3) is 2.58. The van der Waals surface area contributed by atoms with Crippen LogP contribution in [0.15, 0.2) is 47.5 Å². The van der Waals surface area contributed by atoms with E-state index in [1.54, 1.807) is 13.3 Å². The van der Waals surface area contributed by atoms with E-state index in [4.69, 9.17) is 10.00 Å². The Morgan fingerprint density at radius 2 is 2.18 bits per heavy atom. The zero-order valence-electron chi connectivity index (χ0n) is 9.25. The molecule has 0 radical (unpaired) electrons. The van der Waals surface area contributed by atoms with E-state index in [0.717, 1.165) is 27.9 Å². The molecule has 3 nitrogen and oxygen atoms in total. The van der Waals surface area contributed by atoms with Gasteiger partial charge >= 0.3 is 0 Å². The lowest BCUT2D eigenvalue weighted by Crippen LogP contribution is -1.88. The molecule has 0 spiro atoms. The number of benzene rings is 1. The van der Waals surface area contributed by atoms with Crippen molar-refractivity contribution >= 4 is 11.8 Å². The number of nitrogens with zero attached hydrogens (tertiary/aromatic N) is 2. The van der Waals surface area contributed by atoms with Crippen LogP contribution in [0.1, 0.15) is 0 Å². The van der Waals surface area contributed by atoms with Crippen LogP contribution in [0, 0.1) is 10.7 Å². The van der Waals surface area contributed by atoms with Gasteiger partial charge in [0.15, 0.2) is 0 Å². The summed E-state index contributed by atoms with van der Waals surface area (Å²) in [6.07, 6.45) is 1.75. The van der Waals surface area contributed by atoms with Crippen LogP contribution in [-0.4, -0.2) is 12.1 Å². The van der Waals surface area contributed by atoms with Crippen LogP contribution < -0.4 is 4.74 Å². The molecule has 0 aliphatic carbocycles. The SMILES string of the molecule is COc1ccc(-c2ccccn2)cc1SC#N. The summed E-state index contributed by atoms with van der Waals surface area (Å²) in [5.74, 6) is 0.705. The first-order chi connectivity index (χ1) is 8.35. The molecular formula is C13H10N2OS. The molecule has 1 aromatic carbocycles. The molecule has 0 fully saturated rings. The minimum absolute atomic E-state index is 0.705. The second kappa shape index (κ2) is 5.37. The summed E-state index contributed by atoms with van der Waals surface area (Å²) in [4.78, 5) is 5.08. The largest absolute Gasteiger partial charge is 0.496 e. The number of hydrogen-bond donors (Lipinski definition) is 0. The standard InChI is InChI=1S/C13H10N2OS/c1-16-12-6-5-10(8-13(12)17-9-14)11-4-2-3-7-15-11/h2-8H,1H3. The highest BCUT2D eigenvalue weighted by atomic mass is 32.2. The average Bonchev–Trinajstić information content (AvgIpc) is 2.40. The number of rotatable bonds is 3. The summed E-state index contributed by atoms with van der Waals surface area (Å²) < 4.78 is 5.20. The Hall–Kier alpha value is -1.99. The third-order valence-corrected chi connectivity index (χ3v) is 2.91. The van der Waals surface area contributed by atoms with Crippen LogP contribution in [0.3, 0.4) is 0 Å². The van der Waals surface area contributed by atoms with Crippen molar-refractivity contribution in [3.63, 3.8) is 0 Å². The highest BCUT2D eigenvalue weighted by Gasteiger charge is 2.06. The van der Waals surface area contributed by atoms with Crippen LogP contribution in [0.2, 0.25) is 0 Å². The number of aromatic nitrogens is 1. The molecule has 0 saturated heterocycles. The summed E-state index contributed by atoms with van der Waals surface area (Å²) in [6.45, 7) is 0. The Bertz CT molecular complexity index is 549. The molecule has 0 N–H and O–H groups in total. The molecule has 0 aliphatic rings. The number of hydrogen-bond acceptors (Lipinski definition) is 4. The minimum atomic E-state index is 0.705. The van der Waals surface area contributed by atoms with Crippen molar-refractivity contribution in [2.45, 2.75) is 4.90 Å². The zero-order chi connectivity index (χ0) is 12.1. The van der Waals surface area contributed by atoms with Crippen molar-refractivity contribution in [1.29, 1.82) is 5.26 Å². The molecule has 0 saturated carbocycles. The number of ether oxygens (including phenoxy) is 1. The van der Waals surface area contributed by atoms with Crippen LogP contribution in [-0.2, 0) is 0 Å². The molecule has 0 unspecified atom stereocenters. The van der Waals surface area contributed by atoms with Crippen molar-refractivity contribution in [1.82, 2.24) is 4.98 Å². The number of methoxy groups -OCH3 is 1. The van der Waals surface area contributed by atoms with Crippen molar-refractivity contribution in [3.05, 3.63) is 42.6 Å². The fourth-order valence-electron chi connectivity index (χ4n) is 1.50. The topological polar surface area (TPSA) is 45.9 Å². The number of nitriles is 1. The molecule has 0 bridgehead atoms. The Balaban J connectivity index is 2.44. The molecule has 84 valence electrons. The van der Waals surface area contributed by atoms with E-state index in [9.17, 15) is 0 Å². The smallest absolute Gasteiger partial charge is 0.138 e. The quantitative estimate of drug-likeness (QED) is 0.611. The van der Waals surface area contributed by atoms with Gasteiger partial charge in [-0.05, 0) is 42.1 Å². The molecule has 2 rings (SSSR count). The third-order valence-electron chi connectivity index (χ3n) is 2.28. The van der Waals surface area contributed by atoms with Gasteiger partial charge in [0.25, 0.3) is 0 Å². The molecule has 1 heterocycles. The number of thioether (sulfide) groups is 1. The Kier molecular flexibility index (Phi) is 3.63. The maximum atomic E-state index is 8.74. The van der Waals surface area contributed by atoms with E-state index in [2.05, 4.69) is 10.4 Å². The van der Waals surface area contributed by atoms with E-state index in [-0.39, 0.29) is 0 Å². The number of pyridine rings is 1. The average molecular weight is 242 g/mol. The van der Waals surface area contributed by atoms with Gasteiger partial charge in [-0.3, -0.25) is 4.98 Å². The van der Waals surface area contributed by atoms with Crippen molar-refractivity contribution in [2.75, 3.05) is 7.11 Å². The summed E-state index contributed by atoms with van der Waals surface area (Å²) in [7, 11) is 1.59. The molecular weight excluding hydrogens is 232 g/mol. The lowest BCUT2D eigenvalue weighted by atomic mass is 10.1. The molecule has 0 aliphatic heterocycles. The molecule has 0 atom stereocenters. The van der Waals surface area contributed by atoms with Gasteiger partial charge in [0, 0.05) is 11.8 Å². The highest BCUT2D eigenvalue weighted by molar-refractivity contribution is 8.03. The van der Waals surface area contributed by atoms with Gasteiger partial charge in [0.05, 0.1) is 17.7 Å². The van der Waals surface area contributed by atoms with Gasteiger partial charge < -0.3 is 4.74 Å². The summed E-state index contributed by atoms with van der Waals surface area (Å²) in [5.41, 5.74) is 1.86.